The van der Waals surface area contributed by atoms with E-state index in [2.05, 4.69) is 9.62 Å². The number of halogens is 2. The third-order valence-electron chi connectivity index (χ3n) is 4.94. The van der Waals surface area contributed by atoms with E-state index in [1.165, 1.54) is 0 Å². The lowest BCUT2D eigenvalue weighted by Gasteiger charge is -2.33. The molecule has 1 atom stereocenters. The van der Waals surface area contributed by atoms with Crippen molar-refractivity contribution in [1.29, 1.82) is 0 Å². The van der Waals surface area contributed by atoms with Crippen LogP contribution in [0.5, 0.6) is 5.75 Å². The molecule has 2 N–H and O–H groups in total. The molecule has 0 bridgehead atoms. The van der Waals surface area contributed by atoms with E-state index < -0.39 is 16.1 Å². The van der Waals surface area contributed by atoms with E-state index >= 15 is 0 Å². The summed E-state index contributed by atoms with van der Waals surface area (Å²) >= 11 is 11.9. The summed E-state index contributed by atoms with van der Waals surface area (Å²) in [5.41, 5.74) is 0.712. The molecule has 164 valence electrons. The zero-order chi connectivity index (χ0) is 21.6. The van der Waals surface area contributed by atoms with Crippen molar-refractivity contribution in [3.05, 3.63) is 64.1 Å². The van der Waals surface area contributed by atoms with E-state index in [9.17, 15) is 13.5 Å². The standard InChI is InChI=1S/C21H26Cl2N2O4S/c22-20-7-6-19(12-21(20)23)29-18-8-10-25(11-9-18)14-17(26)13-24-30(27,28)15-16-4-2-1-3-5-16/h1-7,12,17-18,24,26H,8-11,13-15H2/t17-/m1/s1. The summed E-state index contributed by atoms with van der Waals surface area (Å²) in [6, 6.07) is 14.2. The highest BCUT2D eigenvalue weighted by Crippen LogP contribution is 2.28. The SMILES string of the molecule is O=S(=O)(Cc1ccccc1)NC[C@@H](O)CN1CCC(Oc2ccc(Cl)c(Cl)c2)CC1. The summed E-state index contributed by atoms with van der Waals surface area (Å²) in [6.45, 7) is 1.93. The molecule has 3 rings (SSSR count). The molecular weight excluding hydrogens is 447 g/mol. The number of benzene rings is 2. The Morgan fingerprint density at radius 1 is 1.10 bits per heavy atom. The van der Waals surface area contributed by atoms with Crippen LogP contribution in [-0.2, 0) is 15.8 Å². The van der Waals surface area contributed by atoms with Gasteiger partial charge >= 0.3 is 0 Å². The minimum Gasteiger partial charge on any atom is -0.490 e. The highest BCUT2D eigenvalue weighted by Gasteiger charge is 2.23. The normalized spacial score (nSPS) is 17.0. The lowest BCUT2D eigenvalue weighted by Crippen LogP contribution is -2.45. The molecule has 0 saturated carbocycles. The largest absolute Gasteiger partial charge is 0.490 e. The molecule has 2 aromatic carbocycles. The fraction of sp³-hybridized carbons (Fsp3) is 0.429. The fourth-order valence-electron chi connectivity index (χ4n) is 3.38. The molecule has 1 fully saturated rings. The van der Waals surface area contributed by atoms with Gasteiger partial charge in [0.1, 0.15) is 11.9 Å². The van der Waals surface area contributed by atoms with E-state index in [0.717, 1.165) is 25.9 Å². The summed E-state index contributed by atoms with van der Waals surface area (Å²) in [5.74, 6) is 0.591. The predicted octanol–water partition coefficient (Wildman–Crippen LogP) is 3.32. The fourth-order valence-corrected chi connectivity index (χ4v) is 4.85. The molecule has 30 heavy (non-hydrogen) atoms. The molecule has 1 aliphatic rings. The van der Waals surface area contributed by atoms with Gasteiger partial charge in [-0.25, -0.2) is 13.1 Å². The maximum absolute atomic E-state index is 12.2. The minimum atomic E-state index is -3.49. The number of β-amino-alcohol motifs (C(OH)–C–C–N with tert-alkyl or cyclic N) is 1. The Morgan fingerprint density at radius 2 is 1.80 bits per heavy atom. The predicted molar refractivity (Wildman–Crippen MR) is 120 cm³/mol. The van der Waals surface area contributed by atoms with Crippen molar-refractivity contribution in [1.82, 2.24) is 9.62 Å². The van der Waals surface area contributed by atoms with Crippen molar-refractivity contribution in [3.8, 4) is 5.75 Å². The summed E-state index contributed by atoms with van der Waals surface area (Å²) in [5, 5.41) is 11.2. The third kappa shape index (κ3) is 7.41. The van der Waals surface area contributed by atoms with E-state index in [1.54, 1.807) is 42.5 Å². The summed E-state index contributed by atoms with van der Waals surface area (Å²) in [4.78, 5) is 2.12. The number of hydrogen-bond donors (Lipinski definition) is 2. The minimum absolute atomic E-state index is 0.00509. The van der Waals surface area contributed by atoms with Crippen molar-refractivity contribution >= 4 is 33.2 Å². The Labute approximate surface area is 187 Å². The highest BCUT2D eigenvalue weighted by molar-refractivity contribution is 7.88. The molecule has 6 nitrogen and oxygen atoms in total. The second-order valence-corrected chi connectivity index (χ2v) is 10.1. The number of nitrogens with one attached hydrogen (secondary N) is 1. The highest BCUT2D eigenvalue weighted by atomic mass is 35.5. The van der Waals surface area contributed by atoms with E-state index in [-0.39, 0.29) is 18.4 Å². The Hall–Kier alpha value is -1.35. The Morgan fingerprint density at radius 3 is 2.47 bits per heavy atom. The number of nitrogens with zero attached hydrogens (tertiary/aromatic N) is 1. The van der Waals surface area contributed by atoms with Crippen LogP contribution < -0.4 is 9.46 Å². The van der Waals surface area contributed by atoms with Crippen molar-refractivity contribution in [2.75, 3.05) is 26.2 Å². The van der Waals surface area contributed by atoms with Gasteiger partial charge in [-0.15, -0.1) is 0 Å². The molecule has 0 unspecified atom stereocenters. The van der Waals surface area contributed by atoms with Crippen LogP contribution in [-0.4, -0.2) is 56.8 Å². The number of likely N-dealkylation sites (tertiary alicyclic amines) is 1. The van der Waals surface area contributed by atoms with E-state index in [1.807, 2.05) is 6.07 Å². The van der Waals surface area contributed by atoms with Gasteiger partial charge < -0.3 is 14.7 Å². The first-order valence-corrected chi connectivity index (χ1v) is 12.2. The average molecular weight is 473 g/mol. The molecular formula is C21H26Cl2N2O4S. The zero-order valence-electron chi connectivity index (χ0n) is 16.5. The van der Waals surface area contributed by atoms with Crippen LogP contribution in [0.4, 0.5) is 0 Å². The number of hydrogen-bond acceptors (Lipinski definition) is 5. The Bertz CT molecular complexity index is 920. The second-order valence-electron chi connectivity index (χ2n) is 7.44. The van der Waals surface area contributed by atoms with Gasteiger partial charge in [0, 0.05) is 32.2 Å². The number of ether oxygens (including phenoxy) is 1. The first-order chi connectivity index (χ1) is 14.3. The van der Waals surface area contributed by atoms with Crippen LogP contribution in [0.25, 0.3) is 0 Å². The van der Waals surface area contributed by atoms with E-state index in [0.29, 0.717) is 27.9 Å². The molecule has 0 aromatic heterocycles. The van der Waals surface area contributed by atoms with Gasteiger partial charge in [-0.3, -0.25) is 0 Å². The topological polar surface area (TPSA) is 78.9 Å². The molecule has 1 saturated heterocycles. The number of aliphatic hydroxyl groups excluding tert-OH is 1. The number of rotatable bonds is 9. The van der Waals surface area contributed by atoms with Crippen LogP contribution in [0, 0.1) is 0 Å². The maximum Gasteiger partial charge on any atom is 0.215 e. The van der Waals surface area contributed by atoms with Crippen molar-refractivity contribution in [2.24, 2.45) is 0 Å². The summed E-state index contributed by atoms with van der Waals surface area (Å²) in [7, 11) is -3.49. The maximum atomic E-state index is 12.2. The van der Waals surface area contributed by atoms with Gasteiger partial charge in [0.15, 0.2) is 0 Å². The summed E-state index contributed by atoms with van der Waals surface area (Å²) < 4.78 is 32.8. The molecule has 9 heteroatoms. The quantitative estimate of drug-likeness (QED) is 0.584. The van der Waals surface area contributed by atoms with Gasteiger partial charge in [0.05, 0.1) is 21.9 Å². The van der Waals surface area contributed by atoms with Crippen molar-refractivity contribution < 1.29 is 18.3 Å². The van der Waals surface area contributed by atoms with Crippen LogP contribution in [0.3, 0.4) is 0 Å². The zero-order valence-corrected chi connectivity index (χ0v) is 18.8. The van der Waals surface area contributed by atoms with Crippen molar-refractivity contribution in [2.45, 2.75) is 30.8 Å². The van der Waals surface area contributed by atoms with Gasteiger partial charge in [0.2, 0.25) is 10.0 Å². The van der Waals surface area contributed by atoms with Crippen LogP contribution in [0.2, 0.25) is 10.0 Å². The van der Waals surface area contributed by atoms with Crippen molar-refractivity contribution in [3.63, 3.8) is 0 Å². The molecule has 0 amide bonds. The van der Waals surface area contributed by atoms with Crippen LogP contribution in [0.1, 0.15) is 18.4 Å². The first kappa shape index (κ1) is 23.3. The summed E-state index contributed by atoms with van der Waals surface area (Å²) in [6.07, 6.45) is 0.919. The number of piperidine rings is 1. The van der Waals surface area contributed by atoms with Gasteiger partial charge in [-0.05, 0) is 30.5 Å². The number of sulfonamides is 1. The van der Waals surface area contributed by atoms with Gasteiger partial charge in [-0.2, -0.15) is 0 Å². The lowest BCUT2D eigenvalue weighted by atomic mass is 10.1. The monoisotopic (exact) mass is 472 g/mol. The average Bonchev–Trinajstić information content (AvgIpc) is 2.71. The van der Waals surface area contributed by atoms with Gasteiger partial charge in [-0.1, -0.05) is 53.5 Å². The van der Waals surface area contributed by atoms with Gasteiger partial charge in [0.25, 0.3) is 0 Å². The van der Waals surface area contributed by atoms with Crippen LogP contribution in [0.15, 0.2) is 48.5 Å². The Balaban J connectivity index is 1.38. The number of aliphatic hydroxyl groups is 1. The van der Waals surface area contributed by atoms with E-state index in [4.69, 9.17) is 27.9 Å². The van der Waals surface area contributed by atoms with Crippen LogP contribution >= 0.6 is 23.2 Å². The molecule has 0 aliphatic carbocycles. The Kier molecular flexibility index (Phi) is 8.39. The molecule has 1 aliphatic heterocycles. The second kappa shape index (κ2) is 10.8. The lowest BCUT2D eigenvalue weighted by molar-refractivity contribution is 0.0630. The third-order valence-corrected chi connectivity index (χ3v) is 6.99. The molecule has 0 radical (unpaired) electrons. The molecule has 2 aromatic rings. The molecule has 0 spiro atoms. The first-order valence-electron chi connectivity index (χ1n) is 9.84. The smallest absolute Gasteiger partial charge is 0.215 e. The molecule has 1 heterocycles.